The third-order valence-corrected chi connectivity index (χ3v) is 7.80. The Morgan fingerprint density at radius 3 is 2.15 bits per heavy atom. The Labute approximate surface area is 201 Å². The second-order valence-corrected chi connectivity index (χ2v) is 12.5. The SMILES string of the molecule is Cc1cc(CC(C)(C)c2ccc(CC(C)(C)c3cccc([N+](=O)[O-])c3)nn2)sc1C(C)(C)C. The number of benzene rings is 1. The highest BCUT2D eigenvalue weighted by Gasteiger charge is 2.28. The maximum Gasteiger partial charge on any atom is 0.269 e. The van der Waals surface area contributed by atoms with Crippen LogP contribution >= 0.6 is 11.3 Å². The molecule has 0 bridgehead atoms. The minimum Gasteiger partial charge on any atom is -0.258 e. The van der Waals surface area contributed by atoms with Crippen molar-refractivity contribution in [2.24, 2.45) is 0 Å². The number of non-ortho nitro benzene ring substituents is 1. The summed E-state index contributed by atoms with van der Waals surface area (Å²) in [5, 5.41) is 20.3. The molecule has 0 fully saturated rings. The molecule has 0 amide bonds. The minimum atomic E-state index is -0.351. The van der Waals surface area contributed by atoms with Gasteiger partial charge in [0.1, 0.15) is 0 Å². The highest BCUT2D eigenvalue weighted by molar-refractivity contribution is 7.12. The summed E-state index contributed by atoms with van der Waals surface area (Å²) in [6.07, 6.45) is 1.57. The van der Waals surface area contributed by atoms with Crippen molar-refractivity contribution in [1.29, 1.82) is 0 Å². The van der Waals surface area contributed by atoms with Gasteiger partial charge < -0.3 is 0 Å². The molecule has 0 atom stereocenters. The molecule has 5 nitrogen and oxygen atoms in total. The smallest absolute Gasteiger partial charge is 0.258 e. The van der Waals surface area contributed by atoms with E-state index < -0.39 is 0 Å². The fraction of sp³-hybridized carbons (Fsp3) is 0.481. The standard InChI is InChI=1S/C27H35N3O2S/c1-18-14-22(33-24(18)25(2,3)4)17-27(7,8)23-13-12-20(28-29-23)16-26(5,6)19-10-9-11-21(15-19)30(31)32/h9-15H,16-17H2,1-8H3. The molecule has 0 spiro atoms. The molecule has 176 valence electrons. The van der Waals surface area contributed by atoms with E-state index in [1.807, 2.05) is 23.5 Å². The van der Waals surface area contributed by atoms with E-state index in [4.69, 9.17) is 0 Å². The summed E-state index contributed by atoms with van der Waals surface area (Å²) in [5.74, 6) is 0. The normalized spacial score (nSPS) is 12.7. The first kappa shape index (κ1) is 25.0. The van der Waals surface area contributed by atoms with Crippen LogP contribution < -0.4 is 0 Å². The maximum absolute atomic E-state index is 11.2. The van der Waals surface area contributed by atoms with Gasteiger partial charge in [0, 0.05) is 33.7 Å². The van der Waals surface area contributed by atoms with Gasteiger partial charge in [0.05, 0.1) is 16.3 Å². The Kier molecular flexibility index (Phi) is 6.81. The van der Waals surface area contributed by atoms with E-state index in [-0.39, 0.29) is 26.9 Å². The van der Waals surface area contributed by atoms with Crippen molar-refractivity contribution in [2.75, 3.05) is 0 Å². The highest BCUT2D eigenvalue weighted by atomic mass is 32.1. The first-order chi connectivity index (χ1) is 15.2. The molecule has 3 aromatic rings. The summed E-state index contributed by atoms with van der Waals surface area (Å²) in [7, 11) is 0. The van der Waals surface area contributed by atoms with E-state index in [0.29, 0.717) is 6.42 Å². The van der Waals surface area contributed by atoms with Gasteiger partial charge in [-0.3, -0.25) is 10.1 Å². The van der Waals surface area contributed by atoms with Gasteiger partial charge in [-0.25, -0.2) is 0 Å². The molecule has 1 aromatic carbocycles. The fourth-order valence-corrected chi connectivity index (χ4v) is 5.77. The van der Waals surface area contributed by atoms with Crippen LogP contribution in [0.15, 0.2) is 42.5 Å². The van der Waals surface area contributed by atoms with Gasteiger partial charge in [0.25, 0.3) is 5.69 Å². The Morgan fingerprint density at radius 1 is 0.909 bits per heavy atom. The Morgan fingerprint density at radius 2 is 1.61 bits per heavy atom. The van der Waals surface area contributed by atoms with E-state index in [1.165, 1.54) is 21.4 Å². The van der Waals surface area contributed by atoms with Crippen molar-refractivity contribution in [1.82, 2.24) is 10.2 Å². The molecule has 0 aliphatic rings. The predicted octanol–water partition coefficient (Wildman–Crippen LogP) is 7.09. The number of thiophene rings is 1. The van der Waals surface area contributed by atoms with Gasteiger partial charge in [-0.15, -0.1) is 11.3 Å². The average molecular weight is 466 g/mol. The summed E-state index contributed by atoms with van der Waals surface area (Å²) in [5.41, 5.74) is 3.99. The number of nitro groups is 1. The number of aromatic nitrogens is 2. The van der Waals surface area contributed by atoms with Crippen LogP contribution in [-0.2, 0) is 29.1 Å². The van der Waals surface area contributed by atoms with E-state index in [9.17, 15) is 10.1 Å². The number of hydrogen-bond acceptors (Lipinski definition) is 5. The quantitative estimate of drug-likeness (QED) is 0.276. The zero-order valence-corrected chi connectivity index (χ0v) is 21.8. The molecule has 0 aliphatic carbocycles. The van der Waals surface area contributed by atoms with Crippen LogP contribution in [0.3, 0.4) is 0 Å². The van der Waals surface area contributed by atoms with Gasteiger partial charge >= 0.3 is 0 Å². The van der Waals surface area contributed by atoms with Gasteiger partial charge in [-0.05, 0) is 53.5 Å². The van der Waals surface area contributed by atoms with Crippen LogP contribution in [0.4, 0.5) is 5.69 Å². The van der Waals surface area contributed by atoms with E-state index in [0.717, 1.165) is 23.4 Å². The topological polar surface area (TPSA) is 68.9 Å². The molecule has 6 heteroatoms. The maximum atomic E-state index is 11.2. The third-order valence-electron chi connectivity index (χ3n) is 6.14. The molecule has 0 radical (unpaired) electrons. The second-order valence-electron chi connectivity index (χ2n) is 11.3. The number of nitro benzene ring substituents is 1. The molecule has 0 N–H and O–H groups in total. The van der Waals surface area contributed by atoms with Crippen molar-refractivity contribution in [2.45, 2.75) is 84.5 Å². The second kappa shape index (κ2) is 8.98. The highest BCUT2D eigenvalue weighted by Crippen LogP contribution is 2.37. The largest absolute Gasteiger partial charge is 0.269 e. The zero-order valence-electron chi connectivity index (χ0n) is 21.0. The lowest BCUT2D eigenvalue weighted by atomic mass is 9.80. The molecular weight excluding hydrogens is 430 g/mol. The predicted molar refractivity (Wildman–Crippen MR) is 136 cm³/mol. The monoisotopic (exact) mass is 465 g/mol. The molecular formula is C27H35N3O2S. The molecule has 3 rings (SSSR count). The van der Waals surface area contributed by atoms with Crippen molar-refractivity contribution in [3.8, 4) is 0 Å². The number of aryl methyl sites for hydroxylation is 1. The Balaban J connectivity index is 1.76. The number of rotatable bonds is 7. The summed E-state index contributed by atoms with van der Waals surface area (Å²) >= 11 is 1.90. The first-order valence-corrected chi connectivity index (χ1v) is 12.2. The van der Waals surface area contributed by atoms with E-state index in [1.54, 1.807) is 12.1 Å². The lowest BCUT2D eigenvalue weighted by Gasteiger charge is -2.26. The molecule has 0 aliphatic heterocycles. The van der Waals surface area contributed by atoms with Crippen molar-refractivity contribution >= 4 is 17.0 Å². The fourth-order valence-electron chi connectivity index (χ4n) is 4.32. The number of nitrogens with zero attached hydrogens (tertiary/aromatic N) is 3. The van der Waals surface area contributed by atoms with Crippen LogP contribution in [0.2, 0.25) is 0 Å². The zero-order chi connectivity index (χ0) is 24.6. The van der Waals surface area contributed by atoms with Crippen molar-refractivity contribution in [3.63, 3.8) is 0 Å². The summed E-state index contributed by atoms with van der Waals surface area (Å²) < 4.78 is 0. The van der Waals surface area contributed by atoms with Crippen LogP contribution in [0.25, 0.3) is 0 Å². The van der Waals surface area contributed by atoms with Crippen LogP contribution in [-0.4, -0.2) is 15.1 Å². The van der Waals surface area contributed by atoms with Gasteiger partial charge in [-0.2, -0.15) is 10.2 Å². The molecule has 0 saturated carbocycles. The van der Waals surface area contributed by atoms with Gasteiger partial charge in [0.15, 0.2) is 0 Å². The minimum absolute atomic E-state index is 0.113. The van der Waals surface area contributed by atoms with E-state index in [2.05, 4.69) is 77.7 Å². The van der Waals surface area contributed by atoms with Gasteiger partial charge in [0.2, 0.25) is 0 Å². The van der Waals surface area contributed by atoms with Crippen molar-refractivity contribution < 1.29 is 4.92 Å². The molecule has 0 unspecified atom stereocenters. The van der Waals surface area contributed by atoms with E-state index >= 15 is 0 Å². The molecule has 0 saturated heterocycles. The van der Waals surface area contributed by atoms with Crippen LogP contribution in [0.1, 0.15) is 80.7 Å². The van der Waals surface area contributed by atoms with Crippen molar-refractivity contribution in [3.05, 3.63) is 84.8 Å². The lowest BCUT2D eigenvalue weighted by molar-refractivity contribution is -0.385. The Hall–Kier alpha value is -2.60. The third kappa shape index (κ3) is 5.85. The summed E-state index contributed by atoms with van der Waals surface area (Å²) in [6, 6.07) is 13.3. The average Bonchev–Trinajstić information content (AvgIpc) is 3.08. The Bertz CT molecular complexity index is 1140. The first-order valence-electron chi connectivity index (χ1n) is 11.4. The molecule has 33 heavy (non-hydrogen) atoms. The summed E-state index contributed by atoms with van der Waals surface area (Å²) in [6.45, 7) is 17.6. The van der Waals surface area contributed by atoms with Crippen LogP contribution in [0.5, 0.6) is 0 Å². The van der Waals surface area contributed by atoms with Crippen LogP contribution in [0, 0.1) is 17.0 Å². The summed E-state index contributed by atoms with van der Waals surface area (Å²) in [4.78, 5) is 13.6. The number of hydrogen-bond donors (Lipinski definition) is 0. The lowest BCUT2D eigenvalue weighted by Crippen LogP contribution is -2.24. The molecule has 2 aromatic heterocycles. The van der Waals surface area contributed by atoms with Gasteiger partial charge in [-0.1, -0.05) is 60.6 Å². The molecule has 2 heterocycles.